The summed E-state index contributed by atoms with van der Waals surface area (Å²) in [5.41, 5.74) is 0. The lowest BCUT2D eigenvalue weighted by atomic mass is 9.79. The SMILES string of the molecule is OC1CCCCCC1C1C=CCCC1. The third-order valence-electron chi connectivity index (χ3n) is 3.87. The van der Waals surface area contributed by atoms with Crippen LogP contribution in [0.5, 0.6) is 0 Å². The third-order valence-corrected chi connectivity index (χ3v) is 3.87. The van der Waals surface area contributed by atoms with Gasteiger partial charge in [0.1, 0.15) is 0 Å². The molecular formula is C13H22O. The molecule has 0 aliphatic heterocycles. The second kappa shape index (κ2) is 4.97. The van der Waals surface area contributed by atoms with Gasteiger partial charge >= 0.3 is 0 Å². The zero-order valence-electron chi connectivity index (χ0n) is 8.99. The molecule has 14 heavy (non-hydrogen) atoms. The molecule has 0 aromatic rings. The number of rotatable bonds is 1. The number of aliphatic hydroxyl groups excluding tert-OH is 1. The lowest BCUT2D eigenvalue weighted by Crippen LogP contribution is -2.26. The van der Waals surface area contributed by atoms with E-state index in [2.05, 4.69) is 12.2 Å². The van der Waals surface area contributed by atoms with Gasteiger partial charge in [0.25, 0.3) is 0 Å². The number of hydrogen-bond acceptors (Lipinski definition) is 1. The van der Waals surface area contributed by atoms with Crippen molar-refractivity contribution in [3.63, 3.8) is 0 Å². The van der Waals surface area contributed by atoms with Gasteiger partial charge in [0.15, 0.2) is 0 Å². The smallest absolute Gasteiger partial charge is 0.0574 e. The van der Waals surface area contributed by atoms with Gasteiger partial charge in [-0.25, -0.2) is 0 Å². The topological polar surface area (TPSA) is 20.2 Å². The molecule has 0 spiro atoms. The van der Waals surface area contributed by atoms with Crippen LogP contribution in [0.25, 0.3) is 0 Å². The summed E-state index contributed by atoms with van der Waals surface area (Å²) in [4.78, 5) is 0. The molecule has 1 nitrogen and oxygen atoms in total. The Morgan fingerprint density at radius 3 is 2.57 bits per heavy atom. The van der Waals surface area contributed by atoms with Crippen LogP contribution in [-0.2, 0) is 0 Å². The van der Waals surface area contributed by atoms with Gasteiger partial charge in [-0.1, -0.05) is 31.4 Å². The van der Waals surface area contributed by atoms with E-state index >= 15 is 0 Å². The average Bonchev–Trinajstić information content (AvgIpc) is 2.44. The Balaban J connectivity index is 1.98. The molecule has 1 heteroatoms. The minimum Gasteiger partial charge on any atom is -0.393 e. The molecule has 80 valence electrons. The molecule has 0 saturated heterocycles. The van der Waals surface area contributed by atoms with Crippen LogP contribution < -0.4 is 0 Å². The van der Waals surface area contributed by atoms with Gasteiger partial charge in [-0.3, -0.25) is 0 Å². The van der Waals surface area contributed by atoms with Crippen molar-refractivity contribution >= 4 is 0 Å². The van der Waals surface area contributed by atoms with E-state index in [0.29, 0.717) is 11.8 Å². The number of allylic oxidation sites excluding steroid dienone is 2. The highest BCUT2D eigenvalue weighted by Crippen LogP contribution is 2.34. The summed E-state index contributed by atoms with van der Waals surface area (Å²) in [6.07, 6.45) is 14.7. The van der Waals surface area contributed by atoms with Crippen LogP contribution in [-0.4, -0.2) is 11.2 Å². The van der Waals surface area contributed by atoms with E-state index < -0.39 is 0 Å². The molecule has 0 aromatic heterocycles. The Morgan fingerprint density at radius 1 is 0.929 bits per heavy atom. The molecule has 0 bridgehead atoms. The van der Waals surface area contributed by atoms with E-state index in [-0.39, 0.29) is 6.10 Å². The maximum atomic E-state index is 10.1. The lowest BCUT2D eigenvalue weighted by Gasteiger charge is -2.29. The first-order valence-electron chi connectivity index (χ1n) is 6.22. The third kappa shape index (κ3) is 2.38. The van der Waals surface area contributed by atoms with Gasteiger partial charge in [0.05, 0.1) is 6.10 Å². The maximum Gasteiger partial charge on any atom is 0.0574 e. The highest BCUT2D eigenvalue weighted by atomic mass is 16.3. The van der Waals surface area contributed by atoms with E-state index in [9.17, 15) is 5.11 Å². The van der Waals surface area contributed by atoms with E-state index in [1.807, 2.05) is 0 Å². The fraction of sp³-hybridized carbons (Fsp3) is 0.846. The number of hydrogen-bond donors (Lipinski definition) is 1. The predicted octanol–water partition coefficient (Wildman–Crippen LogP) is 3.28. The first-order chi connectivity index (χ1) is 6.88. The van der Waals surface area contributed by atoms with Gasteiger partial charge in [0, 0.05) is 0 Å². The maximum absolute atomic E-state index is 10.1. The molecule has 3 atom stereocenters. The van der Waals surface area contributed by atoms with Crippen LogP contribution in [0.1, 0.15) is 51.4 Å². The Morgan fingerprint density at radius 2 is 1.79 bits per heavy atom. The van der Waals surface area contributed by atoms with E-state index in [0.717, 1.165) is 6.42 Å². The molecule has 0 radical (unpaired) electrons. The average molecular weight is 194 g/mol. The molecule has 2 rings (SSSR count). The molecule has 1 N–H and O–H groups in total. The molecule has 2 aliphatic carbocycles. The van der Waals surface area contributed by atoms with Crippen molar-refractivity contribution in [2.75, 3.05) is 0 Å². The first-order valence-corrected chi connectivity index (χ1v) is 6.22. The molecule has 1 fully saturated rings. The van der Waals surface area contributed by atoms with Crippen LogP contribution in [0, 0.1) is 11.8 Å². The molecule has 0 heterocycles. The molecule has 0 amide bonds. The van der Waals surface area contributed by atoms with Crippen LogP contribution >= 0.6 is 0 Å². The van der Waals surface area contributed by atoms with E-state index in [4.69, 9.17) is 0 Å². The molecule has 0 aromatic carbocycles. The fourth-order valence-corrected chi connectivity index (χ4v) is 3.01. The van der Waals surface area contributed by atoms with Crippen molar-refractivity contribution in [2.45, 2.75) is 57.5 Å². The fourth-order valence-electron chi connectivity index (χ4n) is 3.01. The Labute approximate surface area is 87.2 Å². The van der Waals surface area contributed by atoms with Crippen LogP contribution in [0.15, 0.2) is 12.2 Å². The minimum absolute atomic E-state index is 0.0229. The molecule has 3 unspecified atom stereocenters. The quantitative estimate of drug-likeness (QED) is 0.501. The van der Waals surface area contributed by atoms with Crippen molar-refractivity contribution in [1.82, 2.24) is 0 Å². The van der Waals surface area contributed by atoms with Gasteiger partial charge in [0.2, 0.25) is 0 Å². The highest BCUT2D eigenvalue weighted by molar-refractivity contribution is 4.97. The van der Waals surface area contributed by atoms with Crippen LogP contribution in [0.4, 0.5) is 0 Å². The standard InChI is InChI=1S/C13H22O/c14-13-10-6-2-5-9-12(13)11-7-3-1-4-8-11/h3,7,11-14H,1-2,4-6,8-10H2. The normalized spacial score (nSPS) is 39.4. The van der Waals surface area contributed by atoms with Crippen molar-refractivity contribution in [3.8, 4) is 0 Å². The Bertz CT molecular complexity index is 197. The van der Waals surface area contributed by atoms with Crippen molar-refractivity contribution in [1.29, 1.82) is 0 Å². The Kier molecular flexibility index (Phi) is 3.63. The number of aliphatic hydroxyl groups is 1. The monoisotopic (exact) mass is 194 g/mol. The molecular weight excluding hydrogens is 172 g/mol. The van der Waals surface area contributed by atoms with E-state index in [1.165, 1.54) is 44.9 Å². The van der Waals surface area contributed by atoms with Crippen molar-refractivity contribution in [2.24, 2.45) is 11.8 Å². The predicted molar refractivity (Wildman–Crippen MR) is 59.1 cm³/mol. The van der Waals surface area contributed by atoms with Crippen molar-refractivity contribution in [3.05, 3.63) is 12.2 Å². The summed E-state index contributed by atoms with van der Waals surface area (Å²) in [6.45, 7) is 0. The zero-order chi connectivity index (χ0) is 9.80. The summed E-state index contributed by atoms with van der Waals surface area (Å²) < 4.78 is 0. The lowest BCUT2D eigenvalue weighted by molar-refractivity contribution is 0.0741. The summed E-state index contributed by atoms with van der Waals surface area (Å²) in [6, 6.07) is 0. The van der Waals surface area contributed by atoms with Gasteiger partial charge in [-0.05, 0) is 43.9 Å². The van der Waals surface area contributed by atoms with Crippen molar-refractivity contribution < 1.29 is 5.11 Å². The van der Waals surface area contributed by atoms with E-state index in [1.54, 1.807) is 0 Å². The second-order valence-corrected chi connectivity index (χ2v) is 4.89. The Hall–Kier alpha value is -0.300. The van der Waals surface area contributed by atoms with Gasteiger partial charge in [-0.2, -0.15) is 0 Å². The summed E-state index contributed by atoms with van der Waals surface area (Å²) in [5.74, 6) is 1.24. The highest BCUT2D eigenvalue weighted by Gasteiger charge is 2.28. The first kappa shape index (κ1) is 10.2. The van der Waals surface area contributed by atoms with Gasteiger partial charge in [-0.15, -0.1) is 0 Å². The van der Waals surface area contributed by atoms with Crippen LogP contribution in [0.3, 0.4) is 0 Å². The molecule has 2 aliphatic rings. The van der Waals surface area contributed by atoms with Gasteiger partial charge < -0.3 is 5.11 Å². The second-order valence-electron chi connectivity index (χ2n) is 4.89. The molecule has 1 saturated carbocycles. The zero-order valence-corrected chi connectivity index (χ0v) is 8.99. The van der Waals surface area contributed by atoms with Crippen LogP contribution in [0.2, 0.25) is 0 Å². The largest absolute Gasteiger partial charge is 0.393 e. The summed E-state index contributed by atoms with van der Waals surface area (Å²) >= 11 is 0. The minimum atomic E-state index is -0.0229. The summed E-state index contributed by atoms with van der Waals surface area (Å²) in [5, 5.41) is 10.1. The summed E-state index contributed by atoms with van der Waals surface area (Å²) in [7, 11) is 0.